The van der Waals surface area contributed by atoms with E-state index in [2.05, 4.69) is 0 Å². The molecule has 112 valence electrons. The molecule has 0 aliphatic carbocycles. The second-order valence-corrected chi connectivity index (χ2v) is 6.91. The number of hydrogen-bond donors (Lipinski definition) is 1. The van der Waals surface area contributed by atoms with Gasteiger partial charge in [0.2, 0.25) is 0 Å². The molecule has 1 fully saturated rings. The van der Waals surface area contributed by atoms with Crippen LogP contribution in [0.3, 0.4) is 0 Å². The molecule has 5 nitrogen and oxygen atoms in total. The minimum Gasteiger partial charge on any atom is -0.444 e. The lowest BCUT2D eigenvalue weighted by molar-refractivity contribution is -0.0698. The molecule has 19 heavy (non-hydrogen) atoms. The van der Waals surface area contributed by atoms with E-state index in [9.17, 15) is 9.90 Å². The average Bonchev–Trinajstić information content (AvgIpc) is 2.50. The van der Waals surface area contributed by atoms with Crippen molar-refractivity contribution < 1.29 is 19.4 Å². The van der Waals surface area contributed by atoms with Crippen molar-refractivity contribution in [2.24, 2.45) is 5.92 Å². The van der Waals surface area contributed by atoms with E-state index < -0.39 is 23.5 Å². The largest absolute Gasteiger partial charge is 0.444 e. The third kappa shape index (κ3) is 3.83. The Bertz CT molecular complexity index is 333. The van der Waals surface area contributed by atoms with Gasteiger partial charge in [-0.25, -0.2) is 4.79 Å². The van der Waals surface area contributed by atoms with Crippen LogP contribution in [0, 0.1) is 5.92 Å². The first kappa shape index (κ1) is 16.2. The predicted octanol–water partition coefficient (Wildman–Crippen LogP) is 2.38. The molecule has 5 heteroatoms. The summed E-state index contributed by atoms with van der Waals surface area (Å²) in [4.78, 5) is 13.8. The van der Waals surface area contributed by atoms with Gasteiger partial charge in [-0.3, -0.25) is 4.90 Å². The molecule has 0 aromatic rings. The summed E-state index contributed by atoms with van der Waals surface area (Å²) in [6.45, 7) is 13.3. The average molecular weight is 273 g/mol. The fourth-order valence-electron chi connectivity index (χ4n) is 2.19. The molecule has 2 atom stereocenters. The molecule has 0 aromatic heterocycles. The van der Waals surface area contributed by atoms with Crippen molar-refractivity contribution in [2.75, 3.05) is 6.61 Å². The van der Waals surface area contributed by atoms with Gasteiger partial charge in [0.15, 0.2) is 0 Å². The van der Waals surface area contributed by atoms with E-state index >= 15 is 0 Å². The van der Waals surface area contributed by atoms with E-state index in [-0.39, 0.29) is 12.0 Å². The van der Waals surface area contributed by atoms with Crippen LogP contribution in [0.4, 0.5) is 4.79 Å². The number of ether oxygens (including phenoxy) is 2. The Hall–Kier alpha value is -0.810. The van der Waals surface area contributed by atoms with Crippen LogP contribution in [0.1, 0.15) is 48.5 Å². The van der Waals surface area contributed by atoms with Gasteiger partial charge in [-0.2, -0.15) is 0 Å². The van der Waals surface area contributed by atoms with Crippen LogP contribution in [-0.4, -0.2) is 46.2 Å². The fraction of sp³-hybridized carbons (Fsp3) is 0.929. The number of hydrogen-bond acceptors (Lipinski definition) is 4. The molecule has 1 rings (SSSR count). The molecule has 1 amide bonds. The second-order valence-electron chi connectivity index (χ2n) is 6.91. The monoisotopic (exact) mass is 273 g/mol. The molecule has 1 aliphatic heterocycles. The lowest BCUT2D eigenvalue weighted by atomic mass is 9.99. The molecule has 0 radical (unpaired) electrons. The van der Waals surface area contributed by atoms with Crippen molar-refractivity contribution in [3.63, 3.8) is 0 Å². The standard InChI is InChI=1S/C14H27NO4/c1-9(2)11(16)10-8-18-14(6,7)15(10)12(17)19-13(3,4)5/h9-11,16H,8H2,1-7H3/t10-,11-/m1/s1. The molecule has 0 bridgehead atoms. The van der Waals surface area contributed by atoms with Gasteiger partial charge in [-0.15, -0.1) is 0 Å². The van der Waals surface area contributed by atoms with Crippen LogP contribution >= 0.6 is 0 Å². The molecular weight excluding hydrogens is 246 g/mol. The Morgan fingerprint density at radius 3 is 2.37 bits per heavy atom. The van der Waals surface area contributed by atoms with Gasteiger partial charge in [0.05, 0.1) is 18.8 Å². The topological polar surface area (TPSA) is 59.0 Å². The lowest BCUT2D eigenvalue weighted by Crippen LogP contribution is -2.54. The number of amides is 1. The predicted molar refractivity (Wildman–Crippen MR) is 72.7 cm³/mol. The molecule has 1 heterocycles. The van der Waals surface area contributed by atoms with Crippen molar-refractivity contribution >= 4 is 6.09 Å². The van der Waals surface area contributed by atoms with Gasteiger partial charge in [0, 0.05) is 0 Å². The zero-order valence-electron chi connectivity index (χ0n) is 13.1. The zero-order valence-corrected chi connectivity index (χ0v) is 13.1. The molecule has 0 saturated carbocycles. The summed E-state index contributed by atoms with van der Waals surface area (Å²) in [5.41, 5.74) is -1.33. The Labute approximate surface area is 115 Å². The van der Waals surface area contributed by atoms with Gasteiger partial charge < -0.3 is 14.6 Å². The Morgan fingerprint density at radius 2 is 1.95 bits per heavy atom. The van der Waals surface area contributed by atoms with Crippen molar-refractivity contribution in [1.29, 1.82) is 0 Å². The normalized spacial score (nSPS) is 24.7. The SMILES string of the molecule is CC(C)[C@@H](O)[C@H]1COC(C)(C)N1C(=O)OC(C)(C)C. The molecule has 0 unspecified atom stereocenters. The van der Waals surface area contributed by atoms with Crippen LogP contribution in [0.15, 0.2) is 0 Å². The van der Waals surface area contributed by atoms with E-state index in [4.69, 9.17) is 9.47 Å². The number of rotatable bonds is 2. The maximum Gasteiger partial charge on any atom is 0.412 e. The van der Waals surface area contributed by atoms with Crippen LogP contribution in [0.5, 0.6) is 0 Å². The van der Waals surface area contributed by atoms with E-state index in [0.717, 1.165) is 0 Å². The summed E-state index contributed by atoms with van der Waals surface area (Å²) in [7, 11) is 0. The molecule has 1 N–H and O–H groups in total. The smallest absolute Gasteiger partial charge is 0.412 e. The number of aliphatic hydroxyl groups is 1. The lowest BCUT2D eigenvalue weighted by Gasteiger charge is -2.37. The first-order chi connectivity index (χ1) is 8.46. The number of nitrogens with zero attached hydrogens (tertiary/aromatic N) is 1. The van der Waals surface area contributed by atoms with Gasteiger partial charge >= 0.3 is 6.09 Å². The second kappa shape index (κ2) is 5.29. The fourth-order valence-corrected chi connectivity index (χ4v) is 2.19. The van der Waals surface area contributed by atoms with Gasteiger partial charge in [0.1, 0.15) is 11.3 Å². The van der Waals surface area contributed by atoms with Crippen molar-refractivity contribution in [2.45, 2.75) is 71.9 Å². The van der Waals surface area contributed by atoms with Gasteiger partial charge in [-0.05, 0) is 40.5 Å². The van der Waals surface area contributed by atoms with Gasteiger partial charge in [0.25, 0.3) is 0 Å². The van der Waals surface area contributed by atoms with Crippen LogP contribution in [0.25, 0.3) is 0 Å². The van der Waals surface area contributed by atoms with Crippen molar-refractivity contribution in [1.82, 2.24) is 4.90 Å². The molecule has 1 saturated heterocycles. The molecule has 0 aromatic carbocycles. The summed E-state index contributed by atoms with van der Waals surface area (Å²) >= 11 is 0. The minimum absolute atomic E-state index is 0.0486. The number of carbonyl (C=O) groups excluding carboxylic acids is 1. The maximum atomic E-state index is 12.3. The third-order valence-corrected chi connectivity index (χ3v) is 3.19. The highest BCUT2D eigenvalue weighted by Crippen LogP contribution is 2.32. The highest BCUT2D eigenvalue weighted by Gasteiger charge is 2.48. The van der Waals surface area contributed by atoms with Crippen LogP contribution in [-0.2, 0) is 9.47 Å². The van der Waals surface area contributed by atoms with E-state index in [1.165, 1.54) is 4.90 Å². The Kier molecular flexibility index (Phi) is 4.52. The molecule has 0 spiro atoms. The van der Waals surface area contributed by atoms with Crippen molar-refractivity contribution in [3.8, 4) is 0 Å². The maximum absolute atomic E-state index is 12.3. The quantitative estimate of drug-likeness (QED) is 0.839. The van der Waals surface area contributed by atoms with Gasteiger partial charge in [-0.1, -0.05) is 13.8 Å². The van der Waals surface area contributed by atoms with Crippen molar-refractivity contribution in [3.05, 3.63) is 0 Å². The molecule has 1 aliphatic rings. The minimum atomic E-state index is -0.761. The zero-order chi connectivity index (χ0) is 15.0. The Balaban J connectivity index is 2.93. The summed E-state index contributed by atoms with van der Waals surface area (Å²) < 4.78 is 11.1. The van der Waals surface area contributed by atoms with E-state index in [1.807, 2.05) is 48.5 Å². The number of carbonyl (C=O) groups is 1. The summed E-state index contributed by atoms with van der Waals surface area (Å²) in [5, 5.41) is 10.2. The van der Waals surface area contributed by atoms with E-state index in [1.54, 1.807) is 0 Å². The summed E-state index contributed by atoms with van der Waals surface area (Å²) in [6, 6.07) is -0.371. The first-order valence-corrected chi connectivity index (χ1v) is 6.80. The highest BCUT2D eigenvalue weighted by atomic mass is 16.6. The first-order valence-electron chi connectivity index (χ1n) is 6.80. The highest BCUT2D eigenvalue weighted by molar-refractivity contribution is 5.69. The molecular formula is C14H27NO4. The van der Waals surface area contributed by atoms with E-state index in [0.29, 0.717) is 6.61 Å². The third-order valence-electron chi connectivity index (χ3n) is 3.19. The van der Waals surface area contributed by atoms with Crippen LogP contribution < -0.4 is 0 Å². The summed E-state index contributed by atoms with van der Waals surface area (Å²) in [5.74, 6) is 0.0486. The Morgan fingerprint density at radius 1 is 1.42 bits per heavy atom. The summed E-state index contributed by atoms with van der Waals surface area (Å²) in [6.07, 6.45) is -1.08. The van der Waals surface area contributed by atoms with Crippen LogP contribution in [0.2, 0.25) is 0 Å². The number of aliphatic hydroxyl groups excluding tert-OH is 1.